The van der Waals surface area contributed by atoms with Crippen LogP contribution < -0.4 is 10.2 Å². The van der Waals surface area contributed by atoms with E-state index in [-0.39, 0.29) is 5.91 Å². The molecule has 1 fully saturated rings. The zero-order valence-electron chi connectivity index (χ0n) is 15.2. The first-order valence-corrected chi connectivity index (χ1v) is 10.4. The minimum Gasteiger partial charge on any atom is -0.355 e. The van der Waals surface area contributed by atoms with Gasteiger partial charge in [0.2, 0.25) is 0 Å². The molecule has 1 amide bonds. The molecule has 27 heavy (non-hydrogen) atoms. The van der Waals surface area contributed by atoms with E-state index >= 15 is 0 Å². The van der Waals surface area contributed by atoms with Crippen molar-refractivity contribution in [1.29, 1.82) is 0 Å². The number of pyridine rings is 1. The number of amides is 1. The summed E-state index contributed by atoms with van der Waals surface area (Å²) in [5.41, 5.74) is 1.58. The Hall–Kier alpha value is -2.54. The average Bonchev–Trinajstić information content (AvgIpc) is 3.24. The lowest BCUT2D eigenvalue weighted by molar-refractivity contribution is 0.0954. The van der Waals surface area contributed by atoms with E-state index in [0.29, 0.717) is 12.1 Å². The number of rotatable bonds is 6. The van der Waals surface area contributed by atoms with Crippen molar-refractivity contribution in [2.24, 2.45) is 0 Å². The van der Waals surface area contributed by atoms with Crippen LogP contribution in [0.25, 0.3) is 10.9 Å². The van der Waals surface area contributed by atoms with Crippen molar-refractivity contribution >= 4 is 34.4 Å². The first-order chi connectivity index (χ1) is 13.3. The third kappa shape index (κ3) is 4.24. The Balaban J connectivity index is 1.50. The van der Waals surface area contributed by atoms with Crippen LogP contribution in [-0.4, -0.2) is 51.6 Å². The van der Waals surface area contributed by atoms with Crippen LogP contribution in [0.2, 0.25) is 0 Å². The molecule has 0 atom stereocenters. The molecule has 4 rings (SSSR count). The smallest absolute Gasteiger partial charge is 0.252 e. The number of thioether (sulfide) groups is 1. The number of aromatic nitrogens is 3. The molecule has 2 aromatic heterocycles. The van der Waals surface area contributed by atoms with Crippen molar-refractivity contribution in [3.63, 3.8) is 0 Å². The second kappa shape index (κ2) is 8.43. The number of imidazole rings is 1. The number of carbonyl (C=O) groups excluding carboxylic acids is 1. The number of hydrogen-bond acceptors (Lipinski definition) is 5. The number of carbonyl (C=O) groups is 1. The van der Waals surface area contributed by atoms with Crippen LogP contribution >= 0.6 is 11.8 Å². The van der Waals surface area contributed by atoms with Crippen molar-refractivity contribution in [1.82, 2.24) is 19.9 Å². The van der Waals surface area contributed by atoms with Crippen molar-refractivity contribution in [2.75, 3.05) is 36.0 Å². The zero-order valence-corrected chi connectivity index (χ0v) is 16.0. The Bertz CT molecular complexity index is 906. The molecule has 1 aromatic carbocycles. The van der Waals surface area contributed by atoms with E-state index in [1.165, 1.54) is 0 Å². The SMILES string of the molecule is O=C(NCCCn1ccnc1)c1cc(N2CCSCC2)nc2ccccc12. The normalized spacial score (nSPS) is 14.4. The number of benzene rings is 1. The van der Waals surface area contributed by atoms with Gasteiger partial charge in [-0.3, -0.25) is 4.79 Å². The minimum absolute atomic E-state index is 0.0353. The van der Waals surface area contributed by atoms with Gasteiger partial charge in [0.15, 0.2) is 0 Å². The third-order valence-electron chi connectivity index (χ3n) is 4.72. The molecule has 6 nitrogen and oxygen atoms in total. The molecule has 3 aromatic rings. The molecule has 1 N–H and O–H groups in total. The number of fused-ring (bicyclic) bond motifs is 1. The molecule has 7 heteroatoms. The van der Waals surface area contributed by atoms with Gasteiger partial charge in [0.05, 0.1) is 17.4 Å². The molecule has 0 saturated carbocycles. The third-order valence-corrected chi connectivity index (χ3v) is 5.66. The van der Waals surface area contributed by atoms with Gasteiger partial charge in [0.25, 0.3) is 5.91 Å². The lowest BCUT2D eigenvalue weighted by Gasteiger charge is -2.28. The highest BCUT2D eigenvalue weighted by atomic mass is 32.2. The Kier molecular flexibility index (Phi) is 5.58. The van der Waals surface area contributed by atoms with Crippen molar-refractivity contribution in [3.05, 3.63) is 54.6 Å². The molecular formula is C20H23N5OS. The highest BCUT2D eigenvalue weighted by Gasteiger charge is 2.17. The van der Waals surface area contributed by atoms with Crippen molar-refractivity contribution in [3.8, 4) is 0 Å². The highest BCUT2D eigenvalue weighted by Crippen LogP contribution is 2.25. The Morgan fingerprint density at radius 1 is 1.22 bits per heavy atom. The van der Waals surface area contributed by atoms with Crippen molar-refractivity contribution in [2.45, 2.75) is 13.0 Å². The molecule has 0 unspecified atom stereocenters. The predicted octanol–water partition coefficient (Wildman–Crippen LogP) is 2.80. The fourth-order valence-electron chi connectivity index (χ4n) is 3.28. The Labute approximate surface area is 163 Å². The molecule has 3 heterocycles. The molecular weight excluding hydrogens is 358 g/mol. The number of para-hydroxylation sites is 1. The summed E-state index contributed by atoms with van der Waals surface area (Å²) in [5.74, 6) is 3.07. The second-order valence-electron chi connectivity index (χ2n) is 6.55. The Morgan fingerprint density at radius 2 is 2.07 bits per heavy atom. The Morgan fingerprint density at radius 3 is 2.89 bits per heavy atom. The monoisotopic (exact) mass is 381 g/mol. The van der Waals surface area contributed by atoms with Gasteiger partial charge in [-0.05, 0) is 18.6 Å². The van der Waals surface area contributed by atoms with E-state index in [0.717, 1.165) is 54.3 Å². The van der Waals surface area contributed by atoms with Crippen LogP contribution in [0.1, 0.15) is 16.8 Å². The van der Waals surface area contributed by atoms with E-state index in [9.17, 15) is 4.79 Å². The van der Waals surface area contributed by atoms with E-state index in [1.54, 1.807) is 12.5 Å². The van der Waals surface area contributed by atoms with Crippen molar-refractivity contribution < 1.29 is 4.79 Å². The molecule has 0 bridgehead atoms. The topological polar surface area (TPSA) is 63.1 Å². The summed E-state index contributed by atoms with van der Waals surface area (Å²) in [6.07, 6.45) is 6.35. The maximum absolute atomic E-state index is 12.9. The fourth-order valence-corrected chi connectivity index (χ4v) is 4.18. The van der Waals surface area contributed by atoms with E-state index < -0.39 is 0 Å². The summed E-state index contributed by atoms with van der Waals surface area (Å²) in [4.78, 5) is 24.0. The lowest BCUT2D eigenvalue weighted by Crippen LogP contribution is -2.33. The van der Waals surface area contributed by atoms with Crippen LogP contribution in [0, 0.1) is 0 Å². The molecule has 1 aliphatic heterocycles. The molecule has 0 spiro atoms. The molecule has 1 aliphatic rings. The summed E-state index contributed by atoms with van der Waals surface area (Å²) in [7, 11) is 0. The lowest BCUT2D eigenvalue weighted by atomic mass is 10.1. The van der Waals surface area contributed by atoms with Crippen LogP contribution in [0.4, 0.5) is 5.82 Å². The summed E-state index contributed by atoms with van der Waals surface area (Å²) < 4.78 is 2.01. The maximum atomic E-state index is 12.9. The average molecular weight is 382 g/mol. The van der Waals surface area contributed by atoms with Gasteiger partial charge < -0.3 is 14.8 Å². The van der Waals surface area contributed by atoms with Gasteiger partial charge in [-0.25, -0.2) is 9.97 Å². The molecule has 140 valence electrons. The second-order valence-corrected chi connectivity index (χ2v) is 7.78. The molecule has 1 saturated heterocycles. The van der Waals surface area contributed by atoms with Gasteiger partial charge in [-0.1, -0.05) is 18.2 Å². The number of hydrogen-bond donors (Lipinski definition) is 1. The minimum atomic E-state index is -0.0353. The summed E-state index contributed by atoms with van der Waals surface area (Å²) in [6.45, 7) is 3.42. The number of anilines is 1. The van der Waals surface area contributed by atoms with E-state index in [4.69, 9.17) is 4.98 Å². The van der Waals surface area contributed by atoms with Crippen LogP contribution in [0.3, 0.4) is 0 Å². The van der Waals surface area contributed by atoms with Crippen LogP contribution in [-0.2, 0) is 6.54 Å². The number of nitrogens with one attached hydrogen (secondary N) is 1. The number of aryl methyl sites for hydroxylation is 1. The van der Waals surface area contributed by atoms with Gasteiger partial charge in [-0.15, -0.1) is 0 Å². The number of nitrogens with zero attached hydrogens (tertiary/aromatic N) is 4. The van der Waals surface area contributed by atoms with Crippen LogP contribution in [0.5, 0.6) is 0 Å². The molecule has 0 radical (unpaired) electrons. The standard InChI is InChI=1S/C20H23N5OS/c26-20(22-6-3-8-24-9-7-21-15-24)17-14-19(25-10-12-27-13-11-25)23-18-5-2-1-4-16(17)18/h1-2,4-5,7,9,14-15H,3,6,8,10-13H2,(H,22,26). The van der Waals surface area contributed by atoms with Gasteiger partial charge in [0, 0.05) is 55.5 Å². The summed E-state index contributed by atoms with van der Waals surface area (Å²) in [6, 6.07) is 9.82. The molecule has 0 aliphatic carbocycles. The fraction of sp³-hybridized carbons (Fsp3) is 0.350. The summed E-state index contributed by atoms with van der Waals surface area (Å²) in [5, 5.41) is 3.96. The first kappa shape index (κ1) is 17.9. The van der Waals surface area contributed by atoms with Gasteiger partial charge in [-0.2, -0.15) is 11.8 Å². The highest BCUT2D eigenvalue weighted by molar-refractivity contribution is 7.99. The van der Waals surface area contributed by atoms with E-state index in [1.807, 2.05) is 52.9 Å². The largest absolute Gasteiger partial charge is 0.355 e. The van der Waals surface area contributed by atoms with Gasteiger partial charge in [0.1, 0.15) is 5.82 Å². The maximum Gasteiger partial charge on any atom is 0.252 e. The summed E-state index contributed by atoms with van der Waals surface area (Å²) >= 11 is 1.96. The predicted molar refractivity (Wildman–Crippen MR) is 110 cm³/mol. The van der Waals surface area contributed by atoms with E-state index in [2.05, 4.69) is 15.2 Å². The quantitative estimate of drug-likeness (QED) is 0.665. The first-order valence-electron chi connectivity index (χ1n) is 9.28. The zero-order chi connectivity index (χ0) is 18.5. The van der Waals surface area contributed by atoms with Gasteiger partial charge >= 0.3 is 0 Å². The van der Waals surface area contributed by atoms with Crippen LogP contribution in [0.15, 0.2) is 49.1 Å².